The van der Waals surface area contributed by atoms with Crippen LogP contribution in [-0.4, -0.2) is 34.6 Å². The maximum atomic E-state index is 11.3. The molecular weight excluding hydrogens is 242 g/mol. The molecule has 0 unspecified atom stereocenters. The molecule has 0 spiro atoms. The molecule has 0 aliphatic rings. The fourth-order valence-electron chi connectivity index (χ4n) is 1.70. The molecule has 1 aromatic rings. The summed E-state index contributed by atoms with van der Waals surface area (Å²) < 4.78 is 0. The third-order valence-electron chi connectivity index (χ3n) is 2.82. The number of unbranched alkanes of at least 4 members (excludes halogenated alkanes) is 1. The number of carboxylic acid groups (broad SMARTS) is 1. The van der Waals surface area contributed by atoms with Crippen LogP contribution in [0.25, 0.3) is 0 Å². The van der Waals surface area contributed by atoms with Gasteiger partial charge in [0.2, 0.25) is 0 Å². The van der Waals surface area contributed by atoms with Gasteiger partial charge in [0.05, 0.1) is 11.9 Å². The number of allylic oxidation sites excluding steroid dienone is 1. The number of rotatable bonds is 7. The van der Waals surface area contributed by atoms with Crippen LogP contribution in [0.4, 0.5) is 5.69 Å². The van der Waals surface area contributed by atoms with Gasteiger partial charge in [-0.1, -0.05) is 19.9 Å². The molecule has 104 valence electrons. The first-order chi connectivity index (χ1) is 8.97. The number of nitrogens with zero attached hydrogens (tertiary/aromatic N) is 3. The Labute approximate surface area is 114 Å². The lowest BCUT2D eigenvalue weighted by atomic mass is 10.2. The Morgan fingerprint density at radius 1 is 1.58 bits per heavy atom. The van der Waals surface area contributed by atoms with Crippen LogP contribution < -0.4 is 4.90 Å². The average molecular weight is 263 g/mol. The lowest BCUT2D eigenvalue weighted by Crippen LogP contribution is -2.23. The summed E-state index contributed by atoms with van der Waals surface area (Å²) in [6.07, 6.45) is 5.27. The van der Waals surface area contributed by atoms with Crippen molar-refractivity contribution in [2.45, 2.75) is 32.6 Å². The highest BCUT2D eigenvalue weighted by atomic mass is 16.4. The Morgan fingerprint density at radius 3 is 2.79 bits per heavy atom. The minimum atomic E-state index is -1.02. The van der Waals surface area contributed by atoms with Crippen molar-refractivity contribution in [3.8, 4) is 0 Å². The molecule has 0 fully saturated rings. The Balaban J connectivity index is 2.99. The van der Waals surface area contributed by atoms with E-state index in [1.807, 2.05) is 31.9 Å². The third-order valence-corrected chi connectivity index (χ3v) is 2.82. The topological polar surface area (TPSA) is 66.3 Å². The van der Waals surface area contributed by atoms with E-state index in [1.165, 1.54) is 0 Å². The predicted octanol–water partition coefficient (Wildman–Crippen LogP) is 2.70. The molecule has 1 aromatic heterocycles. The fourth-order valence-corrected chi connectivity index (χ4v) is 1.70. The van der Waals surface area contributed by atoms with Gasteiger partial charge in [0.1, 0.15) is 5.82 Å². The van der Waals surface area contributed by atoms with Crippen LogP contribution in [0.5, 0.6) is 0 Å². The number of anilines is 1. The molecule has 0 atom stereocenters. The zero-order chi connectivity index (χ0) is 14.4. The van der Waals surface area contributed by atoms with Crippen LogP contribution in [0, 0.1) is 0 Å². The predicted molar refractivity (Wildman–Crippen MR) is 75.8 cm³/mol. The Kier molecular flexibility index (Phi) is 5.48. The van der Waals surface area contributed by atoms with E-state index in [2.05, 4.69) is 16.5 Å². The average Bonchev–Trinajstić information content (AvgIpc) is 2.38. The van der Waals surface area contributed by atoms with Crippen LogP contribution in [0.2, 0.25) is 0 Å². The van der Waals surface area contributed by atoms with E-state index < -0.39 is 5.97 Å². The Hall–Kier alpha value is -1.91. The molecule has 5 heteroatoms. The third kappa shape index (κ3) is 4.05. The summed E-state index contributed by atoms with van der Waals surface area (Å²) in [7, 11) is 1.85. The van der Waals surface area contributed by atoms with Crippen molar-refractivity contribution >= 4 is 11.7 Å². The largest absolute Gasteiger partial charge is 0.476 e. The molecule has 0 saturated carbocycles. The molecule has 0 amide bonds. The van der Waals surface area contributed by atoms with Crippen molar-refractivity contribution in [3.63, 3.8) is 0 Å². The highest BCUT2D eigenvalue weighted by Crippen LogP contribution is 2.19. The SMILES string of the molecule is C=CCCCN(C)c1cnc(C(C)C)nc1C(=O)O. The number of carbonyl (C=O) groups is 1. The van der Waals surface area contributed by atoms with Crippen LogP contribution in [-0.2, 0) is 0 Å². The zero-order valence-electron chi connectivity index (χ0n) is 11.8. The molecule has 5 nitrogen and oxygen atoms in total. The minimum absolute atomic E-state index is 0.0693. The first-order valence-corrected chi connectivity index (χ1v) is 6.39. The number of aromatic carboxylic acids is 1. The molecule has 1 heterocycles. The van der Waals surface area contributed by atoms with Gasteiger partial charge in [0, 0.05) is 19.5 Å². The number of carboxylic acids is 1. The van der Waals surface area contributed by atoms with Gasteiger partial charge in [-0.05, 0) is 12.8 Å². The first-order valence-electron chi connectivity index (χ1n) is 6.39. The van der Waals surface area contributed by atoms with Gasteiger partial charge in [0.15, 0.2) is 5.69 Å². The summed E-state index contributed by atoms with van der Waals surface area (Å²) >= 11 is 0. The number of aromatic nitrogens is 2. The quantitative estimate of drug-likeness (QED) is 0.605. The van der Waals surface area contributed by atoms with E-state index in [-0.39, 0.29) is 11.6 Å². The van der Waals surface area contributed by atoms with Crippen LogP contribution in [0.15, 0.2) is 18.9 Å². The summed E-state index contributed by atoms with van der Waals surface area (Å²) in [5.74, 6) is -0.353. The molecule has 1 rings (SSSR count). The van der Waals surface area contributed by atoms with Gasteiger partial charge in [0.25, 0.3) is 0 Å². The molecule has 19 heavy (non-hydrogen) atoms. The molecule has 0 radical (unpaired) electrons. The standard InChI is InChI=1S/C14H21N3O2/c1-5-6-7-8-17(4)11-9-15-13(10(2)3)16-12(11)14(18)19/h5,9-10H,1,6-8H2,2-4H3,(H,18,19). The highest BCUT2D eigenvalue weighted by molar-refractivity contribution is 5.91. The maximum absolute atomic E-state index is 11.3. The normalized spacial score (nSPS) is 10.5. The van der Waals surface area contributed by atoms with E-state index >= 15 is 0 Å². The first kappa shape index (κ1) is 15.1. The van der Waals surface area contributed by atoms with Crippen LogP contribution >= 0.6 is 0 Å². The van der Waals surface area contributed by atoms with E-state index in [1.54, 1.807) is 6.20 Å². The van der Waals surface area contributed by atoms with Gasteiger partial charge >= 0.3 is 5.97 Å². The second-order valence-corrected chi connectivity index (χ2v) is 4.77. The highest BCUT2D eigenvalue weighted by Gasteiger charge is 2.18. The smallest absolute Gasteiger partial charge is 0.356 e. The summed E-state index contributed by atoms with van der Waals surface area (Å²) in [5.41, 5.74) is 0.626. The fraction of sp³-hybridized carbons (Fsp3) is 0.500. The second kappa shape index (κ2) is 6.87. The van der Waals surface area contributed by atoms with E-state index in [9.17, 15) is 9.90 Å². The van der Waals surface area contributed by atoms with Crippen molar-refractivity contribution in [3.05, 3.63) is 30.4 Å². The van der Waals surface area contributed by atoms with E-state index in [4.69, 9.17) is 0 Å². The van der Waals surface area contributed by atoms with Crippen LogP contribution in [0.1, 0.15) is 48.9 Å². The maximum Gasteiger partial charge on any atom is 0.356 e. The monoisotopic (exact) mass is 263 g/mol. The van der Waals surface area contributed by atoms with Gasteiger partial charge in [-0.15, -0.1) is 6.58 Å². The van der Waals surface area contributed by atoms with Crippen molar-refractivity contribution in [2.75, 3.05) is 18.5 Å². The molecule has 0 saturated heterocycles. The lowest BCUT2D eigenvalue weighted by molar-refractivity contribution is 0.0690. The van der Waals surface area contributed by atoms with E-state index in [0.29, 0.717) is 11.5 Å². The summed E-state index contributed by atoms with van der Waals surface area (Å²) in [5, 5.41) is 9.26. The number of hydrogen-bond donors (Lipinski definition) is 1. The molecule has 1 N–H and O–H groups in total. The van der Waals surface area contributed by atoms with Gasteiger partial charge < -0.3 is 10.0 Å². The van der Waals surface area contributed by atoms with Gasteiger partial charge in [-0.25, -0.2) is 14.8 Å². The summed E-state index contributed by atoms with van der Waals surface area (Å²) in [6.45, 7) is 8.29. The van der Waals surface area contributed by atoms with Crippen molar-refractivity contribution in [1.82, 2.24) is 9.97 Å². The number of hydrogen-bond acceptors (Lipinski definition) is 4. The minimum Gasteiger partial charge on any atom is -0.476 e. The van der Waals surface area contributed by atoms with E-state index in [0.717, 1.165) is 19.4 Å². The van der Waals surface area contributed by atoms with Gasteiger partial charge in [-0.3, -0.25) is 0 Å². The second-order valence-electron chi connectivity index (χ2n) is 4.77. The zero-order valence-corrected chi connectivity index (χ0v) is 11.8. The molecule has 0 bridgehead atoms. The van der Waals surface area contributed by atoms with Crippen molar-refractivity contribution < 1.29 is 9.90 Å². The summed E-state index contributed by atoms with van der Waals surface area (Å²) in [6, 6.07) is 0. The van der Waals surface area contributed by atoms with Gasteiger partial charge in [-0.2, -0.15) is 0 Å². The lowest BCUT2D eigenvalue weighted by Gasteiger charge is -2.20. The molecule has 0 aromatic carbocycles. The summed E-state index contributed by atoms with van der Waals surface area (Å²) in [4.78, 5) is 21.6. The Morgan fingerprint density at radius 2 is 2.26 bits per heavy atom. The van der Waals surface area contributed by atoms with Crippen LogP contribution in [0.3, 0.4) is 0 Å². The van der Waals surface area contributed by atoms with Crippen molar-refractivity contribution in [1.29, 1.82) is 0 Å². The van der Waals surface area contributed by atoms with Crippen molar-refractivity contribution in [2.24, 2.45) is 0 Å². The Bertz CT molecular complexity index is 458. The molecule has 0 aliphatic heterocycles. The molecule has 0 aliphatic carbocycles. The molecular formula is C14H21N3O2.